The molecule has 0 bridgehead atoms. The summed E-state index contributed by atoms with van der Waals surface area (Å²) in [7, 11) is 0. The van der Waals surface area contributed by atoms with Crippen molar-refractivity contribution < 1.29 is 34.2 Å². The number of carboxylic acid groups (broad SMARTS) is 3. The van der Waals surface area contributed by atoms with E-state index < -0.39 is 35.7 Å². The van der Waals surface area contributed by atoms with E-state index in [1.807, 2.05) is 0 Å². The zero-order chi connectivity index (χ0) is 31.6. The predicted octanol–water partition coefficient (Wildman–Crippen LogP) is 8.95. The van der Waals surface area contributed by atoms with Crippen molar-refractivity contribution in [2.75, 3.05) is 26.2 Å². The van der Waals surface area contributed by atoms with Gasteiger partial charge in [0.1, 0.15) is 0 Å². The molecule has 0 aromatic heterocycles. The second kappa shape index (κ2) is 25.6. The van der Waals surface area contributed by atoms with Crippen molar-refractivity contribution >= 4 is 17.9 Å². The molecule has 0 rings (SSSR count). The van der Waals surface area contributed by atoms with E-state index in [1.54, 1.807) is 20.8 Å². The average molecular weight is 597 g/mol. The van der Waals surface area contributed by atoms with Gasteiger partial charge in [-0.15, -0.1) is 0 Å². The highest BCUT2D eigenvalue weighted by Crippen LogP contribution is 2.22. The Labute approximate surface area is 257 Å². The summed E-state index contributed by atoms with van der Waals surface area (Å²) in [6, 6.07) is 0. The van der Waals surface area contributed by atoms with Crippen LogP contribution in [0, 0.1) is 17.8 Å². The molecule has 0 saturated heterocycles. The Morgan fingerprint density at radius 1 is 0.500 bits per heavy atom. The summed E-state index contributed by atoms with van der Waals surface area (Å²) >= 11 is 0. The van der Waals surface area contributed by atoms with Gasteiger partial charge in [-0.2, -0.15) is 0 Å². The Hall–Kier alpha value is -1.89. The lowest BCUT2D eigenvalue weighted by atomic mass is 10.0. The second-order valence-electron chi connectivity index (χ2n) is 13.0. The van der Waals surface area contributed by atoms with Crippen molar-refractivity contribution in [2.45, 2.75) is 150 Å². The summed E-state index contributed by atoms with van der Waals surface area (Å²) in [4.78, 5) is 34.5. The molecule has 0 aliphatic rings. The maximum atomic E-state index is 11.5. The molecule has 0 aliphatic carbocycles. The molecule has 0 aromatic rings. The van der Waals surface area contributed by atoms with Crippen LogP contribution in [0.3, 0.4) is 0 Å². The number of unbranched alkanes of at least 4 members (excludes halogenated alkanes) is 14. The normalized spacial score (nSPS) is 15.3. The molecule has 7 nitrogen and oxygen atoms in total. The SMILES string of the molecule is CCCCCC/C=C/CCCCCCCCCCCC[N+](CCC(C)C(=O)O)(CCC(C)C(=O)O)CCC(C)C(=O)O. The number of carbonyl (C=O) groups is 3. The van der Waals surface area contributed by atoms with E-state index in [1.165, 1.54) is 89.9 Å². The molecule has 0 fully saturated rings. The fourth-order valence-electron chi connectivity index (χ4n) is 5.49. The minimum Gasteiger partial charge on any atom is -0.481 e. The summed E-state index contributed by atoms with van der Waals surface area (Å²) in [6.45, 7) is 10.2. The van der Waals surface area contributed by atoms with E-state index in [-0.39, 0.29) is 0 Å². The molecule has 3 unspecified atom stereocenters. The Morgan fingerprint density at radius 2 is 0.810 bits per heavy atom. The number of aliphatic carboxylic acids is 3. The first-order chi connectivity index (χ1) is 20.0. The highest BCUT2D eigenvalue weighted by Gasteiger charge is 2.31. The molecular weight excluding hydrogens is 530 g/mol. The second-order valence-corrected chi connectivity index (χ2v) is 13.0. The van der Waals surface area contributed by atoms with Crippen LogP contribution in [0.5, 0.6) is 0 Å². The Bertz CT molecular complexity index is 677. The standard InChI is InChI=1S/C35H65NO6/c1-5-6-7-8-9-10-11-12-13-14-15-16-17-18-19-20-21-22-26-36(27-23-30(2)33(37)38,28-24-31(3)34(39)40)29-25-32(4)35(41)42/h10-11,30-32H,5-9,12-29H2,1-4H3,(H2-,37,38,39,40,41,42)/p+1/b11-10+. The lowest BCUT2D eigenvalue weighted by Gasteiger charge is -2.40. The van der Waals surface area contributed by atoms with Crippen LogP contribution in [-0.4, -0.2) is 63.9 Å². The number of allylic oxidation sites excluding steroid dienone is 2. The van der Waals surface area contributed by atoms with E-state index in [4.69, 9.17) is 0 Å². The summed E-state index contributed by atoms with van der Waals surface area (Å²) in [5.74, 6) is -3.91. The van der Waals surface area contributed by atoms with Crippen molar-refractivity contribution in [1.29, 1.82) is 0 Å². The van der Waals surface area contributed by atoms with Crippen LogP contribution in [0.15, 0.2) is 12.2 Å². The van der Waals surface area contributed by atoms with Crippen LogP contribution in [0.1, 0.15) is 150 Å². The molecule has 246 valence electrons. The molecule has 0 spiro atoms. The van der Waals surface area contributed by atoms with E-state index >= 15 is 0 Å². The molecule has 3 N–H and O–H groups in total. The van der Waals surface area contributed by atoms with Gasteiger partial charge in [0.25, 0.3) is 0 Å². The van der Waals surface area contributed by atoms with Crippen LogP contribution < -0.4 is 0 Å². The van der Waals surface area contributed by atoms with Gasteiger partial charge in [0.15, 0.2) is 0 Å². The molecule has 3 atom stereocenters. The fraction of sp³-hybridized carbons (Fsp3) is 0.857. The molecule has 42 heavy (non-hydrogen) atoms. The van der Waals surface area contributed by atoms with E-state index in [9.17, 15) is 29.7 Å². The Balaban J connectivity index is 4.51. The molecular formula is C35H66NO6+. The first kappa shape index (κ1) is 40.1. The third-order valence-corrected chi connectivity index (χ3v) is 9.02. The third-order valence-electron chi connectivity index (χ3n) is 9.02. The van der Waals surface area contributed by atoms with Gasteiger partial charge in [0.05, 0.1) is 43.9 Å². The number of quaternary nitrogens is 1. The first-order valence-electron chi connectivity index (χ1n) is 17.2. The zero-order valence-electron chi connectivity index (χ0n) is 27.7. The number of nitrogens with zero attached hydrogens (tertiary/aromatic N) is 1. The van der Waals surface area contributed by atoms with Crippen LogP contribution in [0.25, 0.3) is 0 Å². The van der Waals surface area contributed by atoms with Gasteiger partial charge in [-0.3, -0.25) is 14.4 Å². The highest BCUT2D eigenvalue weighted by molar-refractivity contribution is 5.70. The molecule has 0 saturated carbocycles. The molecule has 0 heterocycles. The van der Waals surface area contributed by atoms with Crippen LogP contribution in [-0.2, 0) is 14.4 Å². The Kier molecular flexibility index (Phi) is 24.4. The Morgan fingerprint density at radius 3 is 1.14 bits per heavy atom. The maximum Gasteiger partial charge on any atom is 0.306 e. The largest absolute Gasteiger partial charge is 0.481 e. The molecule has 7 heteroatoms. The smallest absolute Gasteiger partial charge is 0.306 e. The van der Waals surface area contributed by atoms with Crippen LogP contribution >= 0.6 is 0 Å². The lowest BCUT2D eigenvalue weighted by Crippen LogP contribution is -2.52. The van der Waals surface area contributed by atoms with Gasteiger partial charge in [-0.25, -0.2) is 0 Å². The number of carboxylic acids is 3. The fourth-order valence-corrected chi connectivity index (χ4v) is 5.49. The van der Waals surface area contributed by atoms with Crippen molar-refractivity contribution in [1.82, 2.24) is 0 Å². The minimum absolute atomic E-state index is 0.479. The van der Waals surface area contributed by atoms with E-state index in [2.05, 4.69) is 19.1 Å². The summed E-state index contributed by atoms with van der Waals surface area (Å²) in [6.07, 6.45) is 26.3. The van der Waals surface area contributed by atoms with Gasteiger partial charge >= 0.3 is 17.9 Å². The van der Waals surface area contributed by atoms with Crippen LogP contribution in [0.2, 0.25) is 0 Å². The highest BCUT2D eigenvalue weighted by atomic mass is 16.4. The predicted molar refractivity (Wildman–Crippen MR) is 173 cm³/mol. The van der Waals surface area contributed by atoms with Gasteiger partial charge in [0, 0.05) is 19.3 Å². The first-order valence-corrected chi connectivity index (χ1v) is 17.2. The topological polar surface area (TPSA) is 112 Å². The van der Waals surface area contributed by atoms with Gasteiger partial charge in [0.2, 0.25) is 0 Å². The summed E-state index contributed by atoms with van der Waals surface area (Å²) in [5, 5.41) is 28.3. The third kappa shape index (κ3) is 21.8. The van der Waals surface area contributed by atoms with E-state index in [0.717, 1.165) is 19.4 Å². The van der Waals surface area contributed by atoms with Gasteiger partial charge < -0.3 is 19.8 Å². The van der Waals surface area contributed by atoms with E-state index in [0.29, 0.717) is 43.4 Å². The minimum atomic E-state index is -0.823. The van der Waals surface area contributed by atoms with Gasteiger partial charge in [-0.1, -0.05) is 104 Å². The maximum absolute atomic E-state index is 11.5. The van der Waals surface area contributed by atoms with Crippen molar-refractivity contribution in [3.05, 3.63) is 12.2 Å². The van der Waals surface area contributed by atoms with Crippen molar-refractivity contribution in [3.63, 3.8) is 0 Å². The average Bonchev–Trinajstić information content (AvgIpc) is 2.96. The molecule has 0 aromatic carbocycles. The number of rotatable bonds is 30. The van der Waals surface area contributed by atoms with Crippen molar-refractivity contribution in [3.8, 4) is 0 Å². The molecule has 0 radical (unpaired) electrons. The quantitative estimate of drug-likeness (QED) is 0.0433. The summed E-state index contributed by atoms with van der Waals surface area (Å²) in [5.41, 5.74) is 0. The van der Waals surface area contributed by atoms with Gasteiger partial charge in [-0.05, 0) is 38.5 Å². The number of hydrogen-bond acceptors (Lipinski definition) is 3. The zero-order valence-corrected chi connectivity index (χ0v) is 27.7. The monoisotopic (exact) mass is 596 g/mol. The number of hydrogen-bond donors (Lipinski definition) is 3. The molecule has 0 aliphatic heterocycles. The van der Waals surface area contributed by atoms with Crippen molar-refractivity contribution in [2.24, 2.45) is 17.8 Å². The molecule has 0 amide bonds. The summed E-state index contributed by atoms with van der Waals surface area (Å²) < 4.78 is 0.612. The van der Waals surface area contributed by atoms with Crippen LogP contribution in [0.4, 0.5) is 0 Å². The lowest BCUT2D eigenvalue weighted by molar-refractivity contribution is -0.929.